The minimum Gasteiger partial charge on any atom is -0.457 e. The number of halogens is 1. The van der Waals surface area contributed by atoms with Gasteiger partial charge in [0.1, 0.15) is 18.5 Å². The van der Waals surface area contributed by atoms with Gasteiger partial charge in [-0.05, 0) is 48.2 Å². The Balaban J connectivity index is 1.18. The number of benzene rings is 2. The molecule has 7 heteroatoms. The van der Waals surface area contributed by atoms with Crippen LogP contribution in [0.25, 0.3) is 0 Å². The second-order valence-corrected chi connectivity index (χ2v) is 8.82. The first-order valence-corrected chi connectivity index (χ1v) is 11.1. The molecule has 166 valence electrons. The first-order valence-electron chi connectivity index (χ1n) is 11.1. The van der Waals surface area contributed by atoms with Crippen LogP contribution in [0.15, 0.2) is 30.3 Å². The number of morpholine rings is 1. The average molecular weight is 435 g/mol. The van der Waals surface area contributed by atoms with E-state index in [9.17, 15) is 9.18 Å². The van der Waals surface area contributed by atoms with Crippen molar-refractivity contribution >= 4 is 5.97 Å². The van der Waals surface area contributed by atoms with E-state index in [1.165, 1.54) is 17.2 Å². The van der Waals surface area contributed by atoms with Crippen molar-refractivity contribution in [2.24, 2.45) is 0 Å². The van der Waals surface area contributed by atoms with Gasteiger partial charge in [-0.3, -0.25) is 4.90 Å². The molecule has 0 bridgehead atoms. The van der Waals surface area contributed by atoms with Gasteiger partial charge in [0.15, 0.2) is 0 Å². The molecule has 3 aliphatic heterocycles. The first-order chi connectivity index (χ1) is 15.5. The molecule has 0 aromatic heterocycles. The Morgan fingerprint density at radius 2 is 2.09 bits per heavy atom. The van der Waals surface area contributed by atoms with Gasteiger partial charge in [-0.1, -0.05) is 12.1 Å². The normalized spacial score (nSPS) is 23.3. The molecule has 0 saturated carbocycles. The molecule has 2 aromatic rings. The van der Waals surface area contributed by atoms with Crippen molar-refractivity contribution in [1.82, 2.24) is 9.80 Å². The fraction of sp³-hybridized carbons (Fsp3) is 0.440. The number of nitrogens with zero attached hydrogens (tertiary/aromatic N) is 3. The van der Waals surface area contributed by atoms with Crippen molar-refractivity contribution in [3.8, 4) is 6.07 Å². The summed E-state index contributed by atoms with van der Waals surface area (Å²) in [5.74, 6) is -0.706. The smallest absolute Gasteiger partial charge is 0.338 e. The van der Waals surface area contributed by atoms with E-state index in [0.717, 1.165) is 50.3 Å². The number of hydrogen-bond acceptors (Lipinski definition) is 6. The molecular formula is C25H26FN3O3. The number of nitriles is 1. The molecule has 6 nitrogen and oxygen atoms in total. The summed E-state index contributed by atoms with van der Waals surface area (Å²) < 4.78 is 24.9. The molecule has 0 N–H and O–H groups in total. The molecule has 32 heavy (non-hydrogen) atoms. The van der Waals surface area contributed by atoms with Gasteiger partial charge in [0, 0.05) is 44.3 Å². The van der Waals surface area contributed by atoms with Crippen LogP contribution in [-0.4, -0.2) is 61.1 Å². The number of piperazine rings is 1. The molecule has 0 radical (unpaired) electrons. The van der Waals surface area contributed by atoms with Crippen molar-refractivity contribution < 1.29 is 18.7 Å². The molecule has 0 aliphatic carbocycles. The number of ether oxygens (including phenoxy) is 2. The molecule has 0 unspecified atom stereocenters. The summed E-state index contributed by atoms with van der Waals surface area (Å²) in [6.45, 7) is 7.71. The van der Waals surface area contributed by atoms with Crippen molar-refractivity contribution in [1.29, 1.82) is 5.26 Å². The number of carbonyl (C=O) groups is 1. The Hall–Kier alpha value is -2.79. The fourth-order valence-electron chi connectivity index (χ4n) is 5.03. The van der Waals surface area contributed by atoms with Crippen LogP contribution in [0.5, 0.6) is 0 Å². The minimum atomic E-state index is -0.490. The van der Waals surface area contributed by atoms with Gasteiger partial charge in [0.05, 0.1) is 23.8 Å². The molecule has 0 amide bonds. The zero-order chi connectivity index (χ0) is 22.2. The summed E-state index contributed by atoms with van der Waals surface area (Å²) >= 11 is 0. The Morgan fingerprint density at radius 3 is 2.94 bits per heavy atom. The summed E-state index contributed by atoms with van der Waals surface area (Å²) in [6, 6.07) is 10.9. The van der Waals surface area contributed by atoms with Crippen LogP contribution in [0.3, 0.4) is 0 Å². The van der Waals surface area contributed by atoms with Crippen LogP contribution < -0.4 is 0 Å². The van der Waals surface area contributed by atoms with Crippen molar-refractivity contribution in [3.63, 3.8) is 0 Å². The number of fused-ring (bicyclic) bond motifs is 2. The maximum atomic E-state index is 13.7. The molecule has 3 aliphatic rings. The third-order valence-electron chi connectivity index (χ3n) is 7.04. The quantitative estimate of drug-likeness (QED) is 0.688. The average Bonchev–Trinajstić information content (AvgIpc) is 3.20. The number of carbonyl (C=O) groups excluding carboxylic acids is 1. The standard InChI is InChI=1S/C25H26FN3O3/c1-16-17(2-4-21-22(16)15-32-25(21)30)6-7-28-8-9-29-13-24(31-14-20(29)12-28)18-3-5-23(26)19(10-18)11-27/h2-5,10,20,24H,6-9,12-15H2,1H3/t20-,24-/m0/s1. The summed E-state index contributed by atoms with van der Waals surface area (Å²) in [4.78, 5) is 16.7. The molecule has 5 rings (SSSR count). The Labute approximate surface area is 187 Å². The maximum Gasteiger partial charge on any atom is 0.338 e. The Bertz CT molecular complexity index is 1100. The van der Waals surface area contributed by atoms with Crippen LogP contribution in [0.1, 0.15) is 44.3 Å². The zero-order valence-corrected chi connectivity index (χ0v) is 18.1. The van der Waals surface area contributed by atoms with E-state index in [-0.39, 0.29) is 17.6 Å². The van der Waals surface area contributed by atoms with E-state index in [1.807, 2.05) is 12.1 Å². The van der Waals surface area contributed by atoms with Crippen molar-refractivity contribution in [2.45, 2.75) is 32.1 Å². The van der Waals surface area contributed by atoms with Gasteiger partial charge in [-0.15, -0.1) is 0 Å². The third-order valence-corrected chi connectivity index (χ3v) is 7.04. The molecule has 3 heterocycles. The van der Waals surface area contributed by atoms with Crippen LogP contribution in [0.4, 0.5) is 4.39 Å². The second-order valence-electron chi connectivity index (χ2n) is 8.82. The van der Waals surface area contributed by atoms with E-state index < -0.39 is 5.82 Å². The summed E-state index contributed by atoms with van der Waals surface area (Å²) in [5, 5.41) is 9.10. The van der Waals surface area contributed by atoms with Gasteiger partial charge in [-0.25, -0.2) is 9.18 Å². The lowest BCUT2D eigenvalue weighted by molar-refractivity contribution is -0.0901. The van der Waals surface area contributed by atoms with E-state index in [4.69, 9.17) is 14.7 Å². The second kappa shape index (κ2) is 8.62. The largest absolute Gasteiger partial charge is 0.457 e. The summed E-state index contributed by atoms with van der Waals surface area (Å²) in [6.07, 6.45) is 0.806. The molecule has 2 fully saturated rings. The van der Waals surface area contributed by atoms with Crippen molar-refractivity contribution in [3.05, 3.63) is 69.5 Å². The number of cyclic esters (lactones) is 1. The van der Waals surface area contributed by atoms with Gasteiger partial charge >= 0.3 is 5.97 Å². The predicted molar refractivity (Wildman–Crippen MR) is 116 cm³/mol. The van der Waals surface area contributed by atoms with Crippen LogP contribution in [-0.2, 0) is 22.5 Å². The Kier molecular flexibility index (Phi) is 5.68. The molecule has 2 saturated heterocycles. The van der Waals surface area contributed by atoms with E-state index >= 15 is 0 Å². The van der Waals surface area contributed by atoms with Gasteiger partial charge < -0.3 is 14.4 Å². The lowest BCUT2D eigenvalue weighted by Crippen LogP contribution is -2.58. The monoisotopic (exact) mass is 435 g/mol. The number of hydrogen-bond donors (Lipinski definition) is 0. The SMILES string of the molecule is Cc1c(CCN2CCN3C[C@@H](c4ccc(F)c(C#N)c4)OC[C@@H]3C2)ccc2c1COC2=O. The highest BCUT2D eigenvalue weighted by Gasteiger charge is 2.34. The lowest BCUT2D eigenvalue weighted by Gasteiger charge is -2.46. The van der Waals surface area contributed by atoms with E-state index in [0.29, 0.717) is 24.8 Å². The van der Waals surface area contributed by atoms with E-state index in [1.54, 1.807) is 12.1 Å². The highest BCUT2D eigenvalue weighted by Crippen LogP contribution is 2.29. The zero-order valence-electron chi connectivity index (χ0n) is 18.1. The molecule has 0 spiro atoms. The first kappa shape index (κ1) is 21.1. The summed E-state index contributed by atoms with van der Waals surface area (Å²) in [5.41, 5.74) is 5.11. The van der Waals surface area contributed by atoms with Crippen LogP contribution >= 0.6 is 0 Å². The van der Waals surface area contributed by atoms with Gasteiger partial charge in [0.25, 0.3) is 0 Å². The Morgan fingerprint density at radius 1 is 1.22 bits per heavy atom. The molecule has 2 atom stereocenters. The number of rotatable bonds is 4. The predicted octanol–water partition coefficient (Wildman–Crippen LogP) is 2.98. The molecular weight excluding hydrogens is 409 g/mol. The maximum absolute atomic E-state index is 13.7. The highest BCUT2D eigenvalue weighted by molar-refractivity contribution is 5.93. The lowest BCUT2D eigenvalue weighted by atomic mass is 9.96. The highest BCUT2D eigenvalue weighted by atomic mass is 19.1. The minimum absolute atomic E-state index is 0.0656. The van der Waals surface area contributed by atoms with Crippen LogP contribution in [0, 0.1) is 24.1 Å². The molecule has 2 aromatic carbocycles. The topological polar surface area (TPSA) is 65.8 Å². The summed E-state index contributed by atoms with van der Waals surface area (Å²) in [7, 11) is 0. The van der Waals surface area contributed by atoms with Gasteiger partial charge in [0.2, 0.25) is 0 Å². The third kappa shape index (κ3) is 3.90. The van der Waals surface area contributed by atoms with Crippen molar-refractivity contribution in [2.75, 3.05) is 39.3 Å². The van der Waals surface area contributed by atoms with E-state index in [2.05, 4.69) is 22.8 Å². The number of esters is 1. The van der Waals surface area contributed by atoms with Gasteiger partial charge in [-0.2, -0.15) is 5.26 Å². The fourth-order valence-corrected chi connectivity index (χ4v) is 5.03. The van der Waals surface area contributed by atoms with Crippen LogP contribution in [0.2, 0.25) is 0 Å².